The molecule has 0 atom stereocenters. The molecule has 0 saturated heterocycles. The maximum absolute atomic E-state index is 13.1. The summed E-state index contributed by atoms with van der Waals surface area (Å²) in [5.41, 5.74) is 7.94. The van der Waals surface area contributed by atoms with Gasteiger partial charge in [-0.2, -0.15) is 0 Å². The van der Waals surface area contributed by atoms with E-state index in [1.54, 1.807) is 37.4 Å². The van der Waals surface area contributed by atoms with Crippen molar-refractivity contribution in [1.82, 2.24) is 4.90 Å². The lowest BCUT2D eigenvalue weighted by Gasteiger charge is -2.15. The van der Waals surface area contributed by atoms with Crippen LogP contribution in [0.5, 0.6) is 0 Å². The zero-order chi connectivity index (χ0) is 15.2. The minimum absolute atomic E-state index is 0.151. The fraction of sp³-hybridized carbons (Fsp3) is 0.118. The Bertz CT molecular complexity index is 667. The van der Waals surface area contributed by atoms with E-state index in [1.807, 2.05) is 12.1 Å². The molecule has 0 heterocycles. The zero-order valence-corrected chi connectivity index (χ0v) is 11.8. The number of carbonyl (C=O) groups excluding carboxylic acids is 1. The number of nitrogen functional groups attached to an aromatic ring is 1. The molecule has 0 aliphatic rings. The number of amides is 1. The predicted octanol–water partition coefficient (Wildman–Crippen LogP) is 3.08. The molecule has 108 valence electrons. The van der Waals surface area contributed by atoms with Crippen molar-refractivity contribution in [3.8, 4) is 0 Å². The van der Waals surface area contributed by atoms with Gasteiger partial charge in [0.1, 0.15) is 5.82 Å². The second-order valence-corrected chi connectivity index (χ2v) is 4.83. The van der Waals surface area contributed by atoms with E-state index >= 15 is 0 Å². The Morgan fingerprint density at radius 3 is 2.71 bits per heavy atom. The van der Waals surface area contributed by atoms with Crippen LogP contribution in [0.15, 0.2) is 54.6 Å². The summed E-state index contributed by atoms with van der Waals surface area (Å²) in [5.74, 6) is -0.453. The van der Waals surface area contributed by atoms with Crippen LogP contribution in [-0.2, 0) is 11.3 Å². The van der Waals surface area contributed by atoms with Gasteiger partial charge in [0.2, 0.25) is 5.91 Å². The van der Waals surface area contributed by atoms with Gasteiger partial charge in [0.15, 0.2) is 0 Å². The summed E-state index contributed by atoms with van der Waals surface area (Å²) in [6, 6.07) is 13.5. The van der Waals surface area contributed by atoms with Crippen molar-refractivity contribution in [2.24, 2.45) is 0 Å². The topological polar surface area (TPSA) is 46.3 Å². The predicted molar refractivity (Wildman–Crippen MR) is 82.8 cm³/mol. The summed E-state index contributed by atoms with van der Waals surface area (Å²) in [7, 11) is 1.68. The van der Waals surface area contributed by atoms with E-state index < -0.39 is 0 Å². The first kappa shape index (κ1) is 14.8. The van der Waals surface area contributed by atoms with Crippen LogP contribution in [0.1, 0.15) is 11.1 Å². The number of benzene rings is 2. The van der Waals surface area contributed by atoms with Crippen LogP contribution in [0.3, 0.4) is 0 Å². The molecule has 0 aliphatic heterocycles. The molecule has 0 fully saturated rings. The summed E-state index contributed by atoms with van der Waals surface area (Å²) in [5, 5.41) is 0. The fourth-order valence-electron chi connectivity index (χ4n) is 1.94. The maximum Gasteiger partial charge on any atom is 0.246 e. The Kier molecular flexibility index (Phi) is 4.72. The van der Waals surface area contributed by atoms with Crippen LogP contribution in [0.2, 0.25) is 0 Å². The van der Waals surface area contributed by atoms with Gasteiger partial charge in [-0.3, -0.25) is 4.79 Å². The van der Waals surface area contributed by atoms with Crippen molar-refractivity contribution in [2.75, 3.05) is 12.8 Å². The van der Waals surface area contributed by atoms with Crippen LogP contribution >= 0.6 is 0 Å². The van der Waals surface area contributed by atoms with Gasteiger partial charge < -0.3 is 10.6 Å². The van der Waals surface area contributed by atoms with Crippen molar-refractivity contribution >= 4 is 17.7 Å². The SMILES string of the molecule is CN(Cc1cccc(F)c1)C(=O)/C=C/c1cccc(N)c1. The number of likely N-dealkylation sites (N-methyl/N-ethyl adjacent to an activating group) is 1. The van der Waals surface area contributed by atoms with Gasteiger partial charge in [-0.15, -0.1) is 0 Å². The minimum Gasteiger partial charge on any atom is -0.399 e. The molecule has 0 radical (unpaired) electrons. The fourth-order valence-corrected chi connectivity index (χ4v) is 1.94. The van der Waals surface area contributed by atoms with Gasteiger partial charge in [0.25, 0.3) is 0 Å². The maximum atomic E-state index is 13.1. The largest absolute Gasteiger partial charge is 0.399 e. The van der Waals surface area contributed by atoms with E-state index in [1.165, 1.54) is 23.1 Å². The molecular weight excluding hydrogens is 267 g/mol. The molecule has 0 saturated carbocycles. The van der Waals surface area contributed by atoms with Gasteiger partial charge >= 0.3 is 0 Å². The van der Waals surface area contributed by atoms with Crippen LogP contribution in [0.4, 0.5) is 10.1 Å². The number of hydrogen-bond acceptors (Lipinski definition) is 2. The first-order valence-corrected chi connectivity index (χ1v) is 6.58. The van der Waals surface area contributed by atoms with E-state index in [0.717, 1.165) is 11.1 Å². The summed E-state index contributed by atoms with van der Waals surface area (Å²) in [4.78, 5) is 13.5. The van der Waals surface area contributed by atoms with Crippen molar-refractivity contribution in [2.45, 2.75) is 6.54 Å². The Morgan fingerprint density at radius 2 is 2.00 bits per heavy atom. The van der Waals surface area contributed by atoms with Gasteiger partial charge in [-0.1, -0.05) is 24.3 Å². The number of nitrogens with two attached hydrogens (primary N) is 1. The van der Waals surface area contributed by atoms with Gasteiger partial charge in [-0.25, -0.2) is 4.39 Å². The molecule has 21 heavy (non-hydrogen) atoms. The molecule has 0 aromatic heterocycles. The molecule has 2 rings (SSSR count). The highest BCUT2D eigenvalue weighted by Gasteiger charge is 2.06. The Morgan fingerprint density at radius 1 is 1.24 bits per heavy atom. The molecule has 2 aromatic carbocycles. The third kappa shape index (κ3) is 4.45. The zero-order valence-electron chi connectivity index (χ0n) is 11.8. The molecule has 0 unspecified atom stereocenters. The van der Waals surface area contributed by atoms with Crippen molar-refractivity contribution in [3.63, 3.8) is 0 Å². The quantitative estimate of drug-likeness (QED) is 0.692. The smallest absolute Gasteiger partial charge is 0.246 e. The Labute approximate surface area is 123 Å². The summed E-state index contributed by atoms with van der Waals surface area (Å²) < 4.78 is 13.1. The average molecular weight is 284 g/mol. The van der Waals surface area contributed by atoms with E-state index in [4.69, 9.17) is 5.73 Å². The number of rotatable bonds is 4. The van der Waals surface area contributed by atoms with E-state index in [9.17, 15) is 9.18 Å². The lowest BCUT2D eigenvalue weighted by Crippen LogP contribution is -2.24. The monoisotopic (exact) mass is 284 g/mol. The summed E-state index contributed by atoms with van der Waals surface area (Å²) in [6.45, 7) is 0.359. The Balaban J connectivity index is 1.99. The highest BCUT2D eigenvalue weighted by molar-refractivity contribution is 5.91. The molecule has 0 spiro atoms. The molecule has 2 N–H and O–H groups in total. The average Bonchev–Trinajstić information content (AvgIpc) is 2.45. The third-order valence-electron chi connectivity index (χ3n) is 3.01. The summed E-state index contributed by atoms with van der Waals surface area (Å²) >= 11 is 0. The molecular formula is C17H17FN2O. The molecule has 2 aromatic rings. The molecule has 0 bridgehead atoms. The van der Waals surface area contributed by atoms with Crippen LogP contribution in [0.25, 0.3) is 6.08 Å². The van der Waals surface area contributed by atoms with Crippen LogP contribution in [0, 0.1) is 5.82 Å². The molecule has 1 amide bonds. The normalized spacial score (nSPS) is 10.8. The van der Waals surface area contributed by atoms with Gasteiger partial charge in [-0.05, 0) is 41.5 Å². The van der Waals surface area contributed by atoms with E-state index in [-0.39, 0.29) is 11.7 Å². The second kappa shape index (κ2) is 6.70. The molecule has 4 heteroatoms. The first-order valence-electron chi connectivity index (χ1n) is 6.58. The lowest BCUT2D eigenvalue weighted by molar-refractivity contribution is -0.125. The minimum atomic E-state index is -0.302. The number of halogens is 1. The third-order valence-corrected chi connectivity index (χ3v) is 3.01. The number of anilines is 1. The van der Waals surface area contributed by atoms with Crippen molar-refractivity contribution in [1.29, 1.82) is 0 Å². The van der Waals surface area contributed by atoms with Gasteiger partial charge in [0, 0.05) is 25.4 Å². The molecule has 3 nitrogen and oxygen atoms in total. The number of hydrogen-bond donors (Lipinski definition) is 1. The van der Waals surface area contributed by atoms with E-state index in [0.29, 0.717) is 12.2 Å². The van der Waals surface area contributed by atoms with E-state index in [2.05, 4.69) is 0 Å². The van der Waals surface area contributed by atoms with Crippen LogP contribution in [-0.4, -0.2) is 17.9 Å². The second-order valence-electron chi connectivity index (χ2n) is 4.83. The number of nitrogens with zero attached hydrogens (tertiary/aromatic N) is 1. The lowest BCUT2D eigenvalue weighted by atomic mass is 10.2. The summed E-state index contributed by atoms with van der Waals surface area (Å²) in [6.07, 6.45) is 3.19. The highest BCUT2D eigenvalue weighted by atomic mass is 19.1. The van der Waals surface area contributed by atoms with Crippen molar-refractivity contribution < 1.29 is 9.18 Å². The van der Waals surface area contributed by atoms with Gasteiger partial charge in [0.05, 0.1) is 0 Å². The highest BCUT2D eigenvalue weighted by Crippen LogP contribution is 2.10. The standard InChI is InChI=1S/C17H17FN2O/c1-20(12-14-5-2-6-15(18)10-14)17(21)9-8-13-4-3-7-16(19)11-13/h2-11H,12,19H2,1H3/b9-8+. The first-order chi connectivity index (χ1) is 10.0. The van der Waals surface area contributed by atoms with Crippen LogP contribution < -0.4 is 5.73 Å². The van der Waals surface area contributed by atoms with Crippen molar-refractivity contribution in [3.05, 3.63) is 71.6 Å². The number of carbonyl (C=O) groups is 1. The molecule has 0 aliphatic carbocycles. The Hall–Kier alpha value is -2.62.